The van der Waals surface area contributed by atoms with Crippen LogP contribution in [0.15, 0.2) is 28.8 Å². The molecule has 0 unspecified atom stereocenters. The molecule has 0 aliphatic carbocycles. The first kappa shape index (κ1) is 31.9. The summed E-state index contributed by atoms with van der Waals surface area (Å²) in [4.78, 5) is 54.0. The molecule has 17 heteroatoms. The van der Waals surface area contributed by atoms with Gasteiger partial charge in [-0.3, -0.25) is 4.79 Å². The highest BCUT2D eigenvalue weighted by Gasteiger charge is 2.44. The second kappa shape index (κ2) is 12.5. The van der Waals surface area contributed by atoms with Crippen LogP contribution in [0, 0.1) is 0 Å². The van der Waals surface area contributed by atoms with Crippen molar-refractivity contribution in [2.24, 2.45) is 5.73 Å². The Kier molecular flexibility index (Phi) is 8.84. The number of nitrogens with one attached hydrogen (secondary N) is 1. The fourth-order valence-electron chi connectivity index (χ4n) is 5.18. The number of likely N-dealkylation sites (tertiary alicyclic amines) is 1. The van der Waals surface area contributed by atoms with Crippen molar-refractivity contribution in [1.82, 2.24) is 25.3 Å². The number of fused-ring (bicyclic) bond motifs is 1. The minimum Gasteiger partial charge on any atom is -0.378 e. The van der Waals surface area contributed by atoms with Crippen molar-refractivity contribution < 1.29 is 41.7 Å². The van der Waals surface area contributed by atoms with Gasteiger partial charge >= 0.3 is 18.2 Å². The zero-order valence-corrected chi connectivity index (χ0v) is 24.9. The zero-order valence-electron chi connectivity index (χ0n) is 24.9. The van der Waals surface area contributed by atoms with Crippen molar-refractivity contribution in [1.29, 1.82) is 0 Å². The number of amides is 3. The summed E-state index contributed by atoms with van der Waals surface area (Å²) in [5.74, 6) is -1.96. The molecule has 5 rings (SSSR count). The molecule has 0 radical (unpaired) electrons. The van der Waals surface area contributed by atoms with Gasteiger partial charge in [-0.05, 0) is 51.0 Å². The van der Waals surface area contributed by atoms with Crippen molar-refractivity contribution in [3.8, 4) is 11.4 Å². The second-order valence-electron chi connectivity index (χ2n) is 11.3. The summed E-state index contributed by atoms with van der Waals surface area (Å²) in [6, 6.07) is 4.49. The van der Waals surface area contributed by atoms with Crippen molar-refractivity contribution in [2.75, 3.05) is 56.4 Å². The van der Waals surface area contributed by atoms with Crippen LogP contribution >= 0.6 is 0 Å². The van der Waals surface area contributed by atoms with Crippen LogP contribution in [0.4, 0.5) is 29.5 Å². The van der Waals surface area contributed by atoms with Crippen LogP contribution in [0.3, 0.4) is 0 Å². The van der Waals surface area contributed by atoms with E-state index in [9.17, 15) is 27.6 Å². The monoisotopic (exact) mass is 634 g/mol. The van der Waals surface area contributed by atoms with E-state index in [2.05, 4.69) is 15.3 Å². The van der Waals surface area contributed by atoms with Gasteiger partial charge in [-0.2, -0.15) is 13.2 Å². The summed E-state index contributed by atoms with van der Waals surface area (Å²) in [6.07, 6.45) is -4.07. The number of halogens is 3. The summed E-state index contributed by atoms with van der Waals surface area (Å²) >= 11 is 0. The third-order valence-electron chi connectivity index (χ3n) is 7.52. The number of ether oxygens (including phenoxy) is 1. The number of aromatic nitrogens is 3. The Bertz CT molecular complexity index is 1560. The molecule has 2 aliphatic heterocycles. The van der Waals surface area contributed by atoms with Crippen molar-refractivity contribution >= 4 is 40.5 Å². The van der Waals surface area contributed by atoms with Crippen LogP contribution in [0.25, 0.3) is 22.5 Å². The third-order valence-corrected chi connectivity index (χ3v) is 7.52. The van der Waals surface area contributed by atoms with E-state index in [-0.39, 0.29) is 28.4 Å². The maximum Gasteiger partial charge on any atom is 0.493 e. The van der Waals surface area contributed by atoms with E-state index in [0.29, 0.717) is 80.4 Å². The SMILES string of the molecule is CNC(=O)N(OC(=O)C(F)(F)F)c1ccc(-c2nc(N3CCOCC3)c3onc(C4CCN(C(=O)C(C)(C)N)CC4)c3n2)cc1. The topological polar surface area (TPSA) is 169 Å². The van der Waals surface area contributed by atoms with Gasteiger partial charge in [0.15, 0.2) is 11.6 Å². The van der Waals surface area contributed by atoms with E-state index in [0.717, 1.165) is 0 Å². The average molecular weight is 635 g/mol. The summed E-state index contributed by atoms with van der Waals surface area (Å²) in [5.41, 5.74) is 6.90. The van der Waals surface area contributed by atoms with Crippen LogP contribution in [0.2, 0.25) is 0 Å². The normalized spacial score (nSPS) is 16.5. The van der Waals surface area contributed by atoms with Gasteiger partial charge in [0.05, 0.1) is 24.4 Å². The number of carbonyl (C=O) groups excluding carboxylic acids is 3. The molecular weight excluding hydrogens is 601 g/mol. The number of hydroxylamine groups is 1. The molecule has 0 spiro atoms. The highest BCUT2D eigenvalue weighted by atomic mass is 19.4. The number of hydrogen-bond donors (Lipinski definition) is 2. The van der Waals surface area contributed by atoms with Gasteiger partial charge in [-0.1, -0.05) is 5.16 Å². The number of hydrogen-bond acceptors (Lipinski definition) is 11. The third kappa shape index (κ3) is 6.78. The molecule has 0 bridgehead atoms. The molecule has 242 valence electrons. The number of alkyl halides is 3. The van der Waals surface area contributed by atoms with E-state index in [1.807, 2.05) is 4.90 Å². The molecule has 3 aromatic rings. The molecule has 1 aromatic carbocycles. The molecule has 2 aromatic heterocycles. The fourth-order valence-corrected chi connectivity index (χ4v) is 5.18. The first-order chi connectivity index (χ1) is 21.3. The quantitative estimate of drug-likeness (QED) is 0.396. The summed E-state index contributed by atoms with van der Waals surface area (Å²) < 4.78 is 49.8. The maximum atomic E-state index is 12.8. The van der Waals surface area contributed by atoms with Gasteiger partial charge in [-0.25, -0.2) is 19.6 Å². The molecular formula is C28H33F3N8O6. The van der Waals surface area contributed by atoms with Crippen LogP contribution in [-0.4, -0.2) is 96.1 Å². The number of rotatable bonds is 5. The van der Waals surface area contributed by atoms with E-state index in [1.165, 1.54) is 31.3 Å². The highest BCUT2D eigenvalue weighted by molar-refractivity contribution is 5.93. The highest BCUT2D eigenvalue weighted by Crippen LogP contribution is 2.37. The number of carbonyl (C=O) groups is 3. The Morgan fingerprint density at radius 2 is 1.69 bits per heavy atom. The number of nitrogens with two attached hydrogens (primary N) is 1. The molecule has 0 atom stereocenters. The number of urea groups is 1. The Balaban J connectivity index is 1.48. The number of morpholine rings is 1. The average Bonchev–Trinajstić information content (AvgIpc) is 3.46. The maximum absolute atomic E-state index is 12.8. The summed E-state index contributed by atoms with van der Waals surface area (Å²) in [5, 5.41) is 6.74. The lowest BCUT2D eigenvalue weighted by molar-refractivity contribution is -0.199. The van der Waals surface area contributed by atoms with Crippen molar-refractivity contribution in [3.63, 3.8) is 0 Å². The van der Waals surface area contributed by atoms with E-state index in [4.69, 9.17) is 25.0 Å². The predicted molar refractivity (Wildman–Crippen MR) is 154 cm³/mol. The fraction of sp³-hybridized carbons (Fsp3) is 0.500. The molecule has 45 heavy (non-hydrogen) atoms. The number of piperidine rings is 1. The Morgan fingerprint density at radius 3 is 2.27 bits per heavy atom. The van der Waals surface area contributed by atoms with Crippen LogP contribution in [-0.2, 0) is 19.2 Å². The van der Waals surface area contributed by atoms with Gasteiger partial charge < -0.3 is 34.9 Å². The van der Waals surface area contributed by atoms with Crippen LogP contribution in [0.1, 0.15) is 38.3 Å². The van der Waals surface area contributed by atoms with Crippen LogP contribution < -0.4 is 21.0 Å². The van der Waals surface area contributed by atoms with Gasteiger partial charge in [0.2, 0.25) is 11.5 Å². The molecule has 3 amide bonds. The Labute approximate surface area is 255 Å². The molecule has 4 heterocycles. The van der Waals surface area contributed by atoms with Gasteiger partial charge in [0.1, 0.15) is 11.2 Å². The lowest BCUT2D eigenvalue weighted by Gasteiger charge is -2.35. The first-order valence-electron chi connectivity index (χ1n) is 14.3. The first-order valence-corrected chi connectivity index (χ1v) is 14.3. The van der Waals surface area contributed by atoms with Gasteiger partial charge in [0.25, 0.3) is 0 Å². The Morgan fingerprint density at radius 1 is 1.04 bits per heavy atom. The minimum atomic E-state index is -5.31. The number of anilines is 2. The molecule has 2 fully saturated rings. The predicted octanol–water partition coefficient (Wildman–Crippen LogP) is 2.73. The summed E-state index contributed by atoms with van der Waals surface area (Å²) in [7, 11) is 1.18. The van der Waals surface area contributed by atoms with Gasteiger partial charge in [-0.15, -0.1) is 5.06 Å². The molecule has 2 saturated heterocycles. The van der Waals surface area contributed by atoms with E-state index >= 15 is 0 Å². The van der Waals surface area contributed by atoms with Crippen molar-refractivity contribution in [2.45, 2.75) is 44.3 Å². The molecule has 3 N–H and O–H groups in total. The van der Waals surface area contributed by atoms with Gasteiger partial charge in [0, 0.05) is 44.7 Å². The zero-order chi connectivity index (χ0) is 32.5. The van der Waals surface area contributed by atoms with E-state index in [1.54, 1.807) is 18.7 Å². The number of benzene rings is 1. The van der Waals surface area contributed by atoms with E-state index < -0.39 is 23.7 Å². The largest absolute Gasteiger partial charge is 0.493 e. The summed E-state index contributed by atoms with van der Waals surface area (Å²) in [6.45, 7) is 6.39. The Hall–Kier alpha value is -4.51. The lowest BCUT2D eigenvalue weighted by Crippen LogP contribution is -2.53. The smallest absolute Gasteiger partial charge is 0.378 e. The van der Waals surface area contributed by atoms with Crippen molar-refractivity contribution in [3.05, 3.63) is 30.0 Å². The lowest BCUT2D eigenvalue weighted by atomic mass is 9.91. The number of nitrogens with zero attached hydrogens (tertiary/aromatic N) is 6. The minimum absolute atomic E-state index is 0.0525. The van der Waals surface area contributed by atoms with Crippen LogP contribution in [0.5, 0.6) is 0 Å². The standard InChI is InChI=1S/C28H33F3N8O6/c1-27(2,32)24(40)38-10-8-16(9-11-38)19-20-21(44-36-19)23(37-12-14-43-15-13-37)35-22(34-20)17-4-6-18(7-5-17)39(26(42)33-3)45-25(41)28(29,30)31/h4-7,16H,8-15,32H2,1-3H3,(H,33,42). The molecule has 0 saturated carbocycles. The molecule has 14 nitrogen and oxygen atoms in total. The molecule has 2 aliphatic rings. The second-order valence-corrected chi connectivity index (χ2v) is 11.3.